The number of nitriles is 1. The number of imide groups is 1. The van der Waals surface area contributed by atoms with E-state index in [4.69, 9.17) is 14.7 Å². The van der Waals surface area contributed by atoms with Gasteiger partial charge in [-0.2, -0.15) is 5.26 Å². The van der Waals surface area contributed by atoms with Crippen LogP contribution in [0.4, 0.5) is 11.4 Å². The molecule has 0 saturated heterocycles. The van der Waals surface area contributed by atoms with Gasteiger partial charge in [-0.15, -0.1) is 0 Å². The molecule has 3 aromatic rings. The molecule has 3 aromatic carbocycles. The Balaban J connectivity index is 1.84. The number of rotatable bonds is 6. The summed E-state index contributed by atoms with van der Waals surface area (Å²) < 4.78 is 10.7. The monoisotopic (exact) mass is 453 g/mol. The van der Waals surface area contributed by atoms with E-state index in [1.54, 1.807) is 42.5 Å². The van der Waals surface area contributed by atoms with Crippen LogP contribution in [0.5, 0.6) is 11.5 Å². The van der Waals surface area contributed by atoms with Gasteiger partial charge in [-0.05, 0) is 54.8 Å². The molecule has 0 aromatic heterocycles. The van der Waals surface area contributed by atoms with E-state index in [0.29, 0.717) is 34.0 Å². The Morgan fingerprint density at radius 2 is 1.47 bits per heavy atom. The molecule has 4 rings (SSSR count). The van der Waals surface area contributed by atoms with Crippen molar-refractivity contribution in [2.24, 2.45) is 0 Å². The third-order valence-corrected chi connectivity index (χ3v) is 5.75. The maximum Gasteiger partial charge on any atom is 0.282 e. The highest BCUT2D eigenvalue weighted by atomic mass is 16.5. The van der Waals surface area contributed by atoms with Gasteiger partial charge in [0.05, 0.1) is 37.1 Å². The van der Waals surface area contributed by atoms with Crippen molar-refractivity contribution in [3.05, 3.63) is 88.6 Å². The lowest BCUT2D eigenvalue weighted by Crippen LogP contribution is -2.32. The highest BCUT2D eigenvalue weighted by Gasteiger charge is 2.40. The number of ether oxygens (including phenoxy) is 2. The van der Waals surface area contributed by atoms with E-state index < -0.39 is 11.8 Å². The Hall–Kier alpha value is -4.57. The topological polar surface area (TPSA) is 91.7 Å². The Morgan fingerprint density at radius 1 is 0.824 bits per heavy atom. The van der Waals surface area contributed by atoms with Gasteiger partial charge in [-0.1, -0.05) is 18.2 Å². The average Bonchev–Trinajstić information content (AvgIpc) is 3.09. The number of anilines is 2. The molecule has 0 saturated carbocycles. The lowest BCUT2D eigenvalue weighted by molar-refractivity contribution is -0.120. The van der Waals surface area contributed by atoms with Gasteiger partial charge in [0.2, 0.25) is 0 Å². The molecule has 0 spiro atoms. The van der Waals surface area contributed by atoms with Crippen LogP contribution in [0.15, 0.2) is 66.4 Å². The number of carbonyl (C=O) groups is 2. The predicted molar refractivity (Wildman–Crippen MR) is 130 cm³/mol. The molecular formula is C27H23N3O4. The molecule has 0 atom stereocenters. The molecule has 0 unspecified atom stereocenters. The zero-order valence-corrected chi connectivity index (χ0v) is 19.3. The SMILES string of the molecule is COc1cc(NC2=C(c3ccc(C)c(C)c3)C(=O)N(c3ccc(C#N)cc3)C2=O)cc(OC)c1. The van der Waals surface area contributed by atoms with Crippen LogP contribution in [0.3, 0.4) is 0 Å². The molecule has 1 heterocycles. The summed E-state index contributed by atoms with van der Waals surface area (Å²) in [6.45, 7) is 3.94. The second-order valence-corrected chi connectivity index (χ2v) is 7.88. The van der Waals surface area contributed by atoms with E-state index in [0.717, 1.165) is 16.0 Å². The molecule has 0 fully saturated rings. The van der Waals surface area contributed by atoms with E-state index in [-0.39, 0.29) is 11.3 Å². The van der Waals surface area contributed by atoms with Crippen LogP contribution in [0.25, 0.3) is 5.57 Å². The van der Waals surface area contributed by atoms with E-state index in [1.165, 1.54) is 14.2 Å². The number of amides is 2. The van der Waals surface area contributed by atoms with E-state index in [2.05, 4.69) is 5.32 Å². The van der Waals surface area contributed by atoms with Gasteiger partial charge in [-0.25, -0.2) is 4.90 Å². The summed E-state index contributed by atoms with van der Waals surface area (Å²) in [5, 5.41) is 12.2. The van der Waals surface area contributed by atoms with Crippen molar-refractivity contribution in [3.63, 3.8) is 0 Å². The van der Waals surface area contributed by atoms with Crippen molar-refractivity contribution < 1.29 is 19.1 Å². The van der Waals surface area contributed by atoms with Crippen molar-refractivity contribution in [2.45, 2.75) is 13.8 Å². The number of hydrogen-bond acceptors (Lipinski definition) is 6. The molecule has 0 aliphatic carbocycles. The van der Waals surface area contributed by atoms with Crippen LogP contribution in [-0.2, 0) is 9.59 Å². The number of nitrogens with zero attached hydrogens (tertiary/aromatic N) is 2. The molecule has 2 amide bonds. The fourth-order valence-corrected chi connectivity index (χ4v) is 3.75. The fourth-order valence-electron chi connectivity index (χ4n) is 3.75. The van der Waals surface area contributed by atoms with Crippen molar-refractivity contribution in [2.75, 3.05) is 24.4 Å². The van der Waals surface area contributed by atoms with Gasteiger partial charge in [0.25, 0.3) is 11.8 Å². The number of carbonyl (C=O) groups excluding carboxylic acids is 2. The molecule has 7 heteroatoms. The first-order valence-corrected chi connectivity index (χ1v) is 10.6. The molecule has 0 bridgehead atoms. The summed E-state index contributed by atoms with van der Waals surface area (Å²) in [7, 11) is 3.07. The molecule has 0 radical (unpaired) electrons. The minimum absolute atomic E-state index is 0.146. The summed E-state index contributed by atoms with van der Waals surface area (Å²) in [6, 6.07) is 19.2. The largest absolute Gasteiger partial charge is 0.497 e. The van der Waals surface area contributed by atoms with Crippen LogP contribution in [-0.4, -0.2) is 26.0 Å². The molecule has 1 aliphatic rings. The van der Waals surface area contributed by atoms with Gasteiger partial charge in [0.15, 0.2) is 0 Å². The fraction of sp³-hybridized carbons (Fsp3) is 0.148. The first kappa shape index (κ1) is 22.6. The van der Waals surface area contributed by atoms with Gasteiger partial charge >= 0.3 is 0 Å². The lowest BCUT2D eigenvalue weighted by Gasteiger charge is -2.16. The molecule has 1 aliphatic heterocycles. The van der Waals surface area contributed by atoms with Crippen LogP contribution < -0.4 is 19.7 Å². The van der Waals surface area contributed by atoms with E-state index in [1.807, 2.05) is 38.1 Å². The van der Waals surface area contributed by atoms with Gasteiger partial charge in [0.1, 0.15) is 17.2 Å². The first-order valence-electron chi connectivity index (χ1n) is 10.6. The summed E-state index contributed by atoms with van der Waals surface area (Å²) in [5.41, 5.74) is 4.49. The minimum Gasteiger partial charge on any atom is -0.497 e. The zero-order chi connectivity index (χ0) is 24.4. The summed E-state index contributed by atoms with van der Waals surface area (Å²) >= 11 is 0. The smallest absolute Gasteiger partial charge is 0.282 e. The maximum atomic E-state index is 13.6. The molecular weight excluding hydrogens is 430 g/mol. The second kappa shape index (κ2) is 9.12. The second-order valence-electron chi connectivity index (χ2n) is 7.88. The van der Waals surface area contributed by atoms with Crippen LogP contribution in [0.1, 0.15) is 22.3 Å². The Morgan fingerprint density at radius 3 is 2.03 bits per heavy atom. The highest BCUT2D eigenvalue weighted by Crippen LogP contribution is 2.36. The maximum absolute atomic E-state index is 13.6. The van der Waals surface area contributed by atoms with Gasteiger partial charge in [0, 0.05) is 23.9 Å². The van der Waals surface area contributed by atoms with Crippen molar-refractivity contribution >= 4 is 28.8 Å². The molecule has 7 nitrogen and oxygen atoms in total. The number of hydrogen-bond donors (Lipinski definition) is 1. The molecule has 170 valence electrons. The van der Waals surface area contributed by atoms with Crippen LogP contribution in [0.2, 0.25) is 0 Å². The Bertz CT molecular complexity index is 1350. The molecule has 1 N–H and O–H groups in total. The van der Waals surface area contributed by atoms with E-state index in [9.17, 15) is 9.59 Å². The van der Waals surface area contributed by atoms with Crippen molar-refractivity contribution in [3.8, 4) is 17.6 Å². The summed E-state index contributed by atoms with van der Waals surface area (Å²) in [4.78, 5) is 28.3. The van der Waals surface area contributed by atoms with E-state index >= 15 is 0 Å². The standard InChI is InChI=1S/C27H23N3O4/c1-16-5-8-19(11-17(16)2)24-25(29-20-12-22(33-3)14-23(13-20)34-4)27(32)30(26(24)31)21-9-6-18(15-28)7-10-21/h5-14,29H,1-4H3. The Labute approximate surface area is 197 Å². The zero-order valence-electron chi connectivity index (χ0n) is 19.3. The number of methoxy groups -OCH3 is 2. The number of aryl methyl sites for hydroxylation is 2. The third-order valence-electron chi connectivity index (χ3n) is 5.75. The quantitative estimate of drug-likeness (QED) is 0.549. The predicted octanol–water partition coefficient (Wildman–Crippen LogP) is 4.59. The van der Waals surface area contributed by atoms with Gasteiger partial charge in [-0.3, -0.25) is 9.59 Å². The normalized spacial score (nSPS) is 13.2. The van der Waals surface area contributed by atoms with Crippen molar-refractivity contribution in [1.82, 2.24) is 0 Å². The van der Waals surface area contributed by atoms with Crippen LogP contribution in [0, 0.1) is 25.2 Å². The summed E-state index contributed by atoms with van der Waals surface area (Å²) in [5.74, 6) is 0.131. The molecule has 34 heavy (non-hydrogen) atoms. The summed E-state index contributed by atoms with van der Waals surface area (Å²) in [6.07, 6.45) is 0. The van der Waals surface area contributed by atoms with Crippen LogP contribution >= 0.6 is 0 Å². The van der Waals surface area contributed by atoms with Gasteiger partial charge < -0.3 is 14.8 Å². The minimum atomic E-state index is -0.496. The third kappa shape index (κ3) is 4.09. The highest BCUT2D eigenvalue weighted by molar-refractivity contribution is 6.46. The first-order chi connectivity index (χ1) is 16.4. The number of benzene rings is 3. The van der Waals surface area contributed by atoms with Crippen molar-refractivity contribution in [1.29, 1.82) is 5.26 Å². The number of nitrogens with one attached hydrogen (secondary N) is 1. The average molecular weight is 453 g/mol. The Kier molecular flexibility index (Phi) is 6.07. The lowest BCUT2D eigenvalue weighted by atomic mass is 9.99.